The molecule has 0 unspecified atom stereocenters. The Morgan fingerprint density at radius 2 is 1.62 bits per heavy atom. The number of carbonyl (C=O) groups is 3. The predicted molar refractivity (Wildman–Crippen MR) is 128 cm³/mol. The Morgan fingerprint density at radius 1 is 0.938 bits per heavy atom. The van der Waals surface area contributed by atoms with Gasteiger partial charge in [-0.2, -0.15) is 0 Å². The summed E-state index contributed by atoms with van der Waals surface area (Å²) in [6.07, 6.45) is 4.17. The number of anilines is 1. The van der Waals surface area contributed by atoms with Crippen LogP contribution in [-0.2, 0) is 16.1 Å². The van der Waals surface area contributed by atoms with E-state index in [4.69, 9.17) is 0 Å². The van der Waals surface area contributed by atoms with E-state index in [1.807, 2.05) is 60.4 Å². The molecular weight excluding hydrogens is 422 g/mol. The summed E-state index contributed by atoms with van der Waals surface area (Å²) >= 11 is 1.34. The summed E-state index contributed by atoms with van der Waals surface area (Å²) in [6.45, 7) is 2.53. The quantitative estimate of drug-likeness (QED) is 0.577. The molecule has 0 bridgehead atoms. The first-order valence-electron chi connectivity index (χ1n) is 11.1. The number of aryl methyl sites for hydroxylation is 1. The van der Waals surface area contributed by atoms with Crippen LogP contribution in [0.2, 0.25) is 0 Å². The van der Waals surface area contributed by atoms with E-state index in [9.17, 15) is 14.4 Å². The minimum atomic E-state index is -0.107. The fraction of sp³-hybridized carbons (Fsp3) is 0.400. The predicted octanol–water partition coefficient (Wildman–Crippen LogP) is 3.75. The molecule has 2 fully saturated rings. The van der Waals surface area contributed by atoms with Gasteiger partial charge in [-0.1, -0.05) is 29.8 Å². The van der Waals surface area contributed by atoms with Crippen molar-refractivity contribution in [2.75, 3.05) is 16.8 Å². The fourth-order valence-corrected chi connectivity index (χ4v) is 4.11. The third-order valence-electron chi connectivity index (χ3n) is 5.58. The molecule has 3 amide bonds. The van der Waals surface area contributed by atoms with E-state index in [0.29, 0.717) is 18.2 Å². The van der Waals surface area contributed by atoms with Crippen molar-refractivity contribution < 1.29 is 14.4 Å². The Hall–Kier alpha value is -2.80. The van der Waals surface area contributed by atoms with Gasteiger partial charge in [-0.25, -0.2) is 0 Å². The second-order valence-corrected chi connectivity index (χ2v) is 9.59. The monoisotopic (exact) mass is 451 g/mol. The zero-order chi connectivity index (χ0) is 22.5. The maximum atomic E-state index is 12.8. The maximum absolute atomic E-state index is 12.8. The van der Waals surface area contributed by atoms with Crippen LogP contribution in [0.15, 0.2) is 48.5 Å². The van der Waals surface area contributed by atoms with Gasteiger partial charge < -0.3 is 15.5 Å². The lowest BCUT2D eigenvalue weighted by Crippen LogP contribution is -2.34. The van der Waals surface area contributed by atoms with Crippen molar-refractivity contribution in [1.29, 1.82) is 0 Å². The van der Waals surface area contributed by atoms with Crippen LogP contribution >= 0.6 is 11.8 Å². The molecule has 2 N–H and O–H groups in total. The summed E-state index contributed by atoms with van der Waals surface area (Å²) in [5.74, 6) is 0.429. The minimum absolute atomic E-state index is 0.0329. The lowest BCUT2D eigenvalue weighted by Gasteiger charge is -2.22. The fourth-order valence-electron chi connectivity index (χ4n) is 3.41. The molecule has 2 aromatic rings. The Bertz CT molecular complexity index is 967. The summed E-state index contributed by atoms with van der Waals surface area (Å²) in [4.78, 5) is 39.0. The van der Waals surface area contributed by atoms with Crippen LogP contribution in [0.1, 0.15) is 47.2 Å². The number of hydrogen-bond acceptors (Lipinski definition) is 4. The van der Waals surface area contributed by atoms with Crippen LogP contribution in [0, 0.1) is 6.92 Å². The second-order valence-electron chi connectivity index (χ2n) is 8.60. The highest BCUT2D eigenvalue weighted by Crippen LogP contribution is 2.29. The van der Waals surface area contributed by atoms with Gasteiger partial charge in [0.2, 0.25) is 11.8 Å². The number of amides is 3. The molecule has 0 heterocycles. The van der Waals surface area contributed by atoms with E-state index in [-0.39, 0.29) is 35.3 Å². The van der Waals surface area contributed by atoms with Crippen molar-refractivity contribution >= 4 is 35.2 Å². The molecule has 6 nitrogen and oxygen atoms in total. The van der Waals surface area contributed by atoms with Gasteiger partial charge in [0, 0.05) is 29.9 Å². The first-order valence-corrected chi connectivity index (χ1v) is 12.3. The second kappa shape index (κ2) is 10.2. The van der Waals surface area contributed by atoms with E-state index in [1.54, 1.807) is 0 Å². The van der Waals surface area contributed by atoms with Gasteiger partial charge in [-0.3, -0.25) is 14.4 Å². The van der Waals surface area contributed by atoms with Gasteiger partial charge in [-0.15, -0.1) is 11.8 Å². The Balaban J connectivity index is 1.24. The Morgan fingerprint density at radius 3 is 2.25 bits per heavy atom. The SMILES string of the molecule is Cc1ccc(NC(=O)CSCC(=O)N(Cc2ccc(C(=O)NC3CC3)cc2)C2CC2)cc1. The number of nitrogens with one attached hydrogen (secondary N) is 2. The molecule has 0 aliphatic heterocycles. The van der Waals surface area contributed by atoms with E-state index in [2.05, 4.69) is 10.6 Å². The molecule has 0 aromatic heterocycles. The molecule has 2 aliphatic rings. The first kappa shape index (κ1) is 22.4. The van der Waals surface area contributed by atoms with Gasteiger partial charge in [0.05, 0.1) is 11.5 Å². The van der Waals surface area contributed by atoms with Crippen molar-refractivity contribution in [2.45, 2.75) is 51.2 Å². The molecule has 168 valence electrons. The largest absolute Gasteiger partial charge is 0.349 e. The molecule has 4 rings (SSSR count). The lowest BCUT2D eigenvalue weighted by atomic mass is 10.1. The first-order chi connectivity index (χ1) is 15.5. The summed E-state index contributed by atoms with van der Waals surface area (Å²) in [6, 6.07) is 15.8. The molecular formula is C25H29N3O3S. The highest BCUT2D eigenvalue weighted by molar-refractivity contribution is 8.00. The van der Waals surface area contributed by atoms with Crippen LogP contribution in [0.3, 0.4) is 0 Å². The molecule has 2 aromatic carbocycles. The smallest absolute Gasteiger partial charge is 0.251 e. The van der Waals surface area contributed by atoms with E-state index >= 15 is 0 Å². The molecule has 0 atom stereocenters. The van der Waals surface area contributed by atoms with Gasteiger partial charge >= 0.3 is 0 Å². The number of nitrogens with zero attached hydrogens (tertiary/aromatic N) is 1. The van der Waals surface area contributed by atoms with Crippen LogP contribution in [0.5, 0.6) is 0 Å². The summed E-state index contributed by atoms with van der Waals surface area (Å²) in [5.41, 5.74) is 3.57. The number of hydrogen-bond donors (Lipinski definition) is 2. The third kappa shape index (κ3) is 6.60. The maximum Gasteiger partial charge on any atom is 0.251 e. The molecule has 0 saturated heterocycles. The standard InChI is InChI=1S/C25H29N3O3S/c1-17-2-8-20(9-3-17)26-23(29)15-32-16-24(30)28(22-12-13-22)14-18-4-6-19(7-5-18)25(31)27-21-10-11-21/h2-9,21-22H,10-16H2,1H3,(H,26,29)(H,27,31). The Kier molecular flexibility index (Phi) is 7.15. The topological polar surface area (TPSA) is 78.5 Å². The lowest BCUT2D eigenvalue weighted by molar-refractivity contribution is -0.129. The normalized spacial score (nSPS) is 15.2. The van der Waals surface area contributed by atoms with Crippen LogP contribution in [-0.4, -0.2) is 46.2 Å². The zero-order valence-corrected chi connectivity index (χ0v) is 19.1. The molecule has 0 spiro atoms. The van der Waals surface area contributed by atoms with Crippen molar-refractivity contribution in [3.8, 4) is 0 Å². The number of carbonyl (C=O) groups excluding carboxylic acids is 3. The molecule has 2 aliphatic carbocycles. The van der Waals surface area contributed by atoms with Crippen LogP contribution in [0.25, 0.3) is 0 Å². The Labute approximate surface area is 193 Å². The van der Waals surface area contributed by atoms with Crippen LogP contribution < -0.4 is 10.6 Å². The molecule has 2 saturated carbocycles. The van der Waals surface area contributed by atoms with Crippen molar-refractivity contribution in [3.63, 3.8) is 0 Å². The number of benzene rings is 2. The average Bonchev–Trinajstić information content (AvgIpc) is 3.69. The molecule has 32 heavy (non-hydrogen) atoms. The van der Waals surface area contributed by atoms with E-state index < -0.39 is 0 Å². The summed E-state index contributed by atoms with van der Waals surface area (Å²) in [5, 5.41) is 5.85. The van der Waals surface area contributed by atoms with E-state index in [1.165, 1.54) is 11.8 Å². The van der Waals surface area contributed by atoms with Gasteiger partial charge in [0.15, 0.2) is 0 Å². The third-order valence-corrected chi connectivity index (χ3v) is 6.50. The van der Waals surface area contributed by atoms with Gasteiger partial charge in [0.1, 0.15) is 0 Å². The van der Waals surface area contributed by atoms with Crippen molar-refractivity contribution in [2.24, 2.45) is 0 Å². The number of rotatable bonds is 10. The minimum Gasteiger partial charge on any atom is -0.349 e. The summed E-state index contributed by atoms with van der Waals surface area (Å²) < 4.78 is 0. The summed E-state index contributed by atoms with van der Waals surface area (Å²) in [7, 11) is 0. The highest BCUT2D eigenvalue weighted by Gasteiger charge is 2.32. The molecule has 0 radical (unpaired) electrons. The van der Waals surface area contributed by atoms with E-state index in [0.717, 1.165) is 42.5 Å². The van der Waals surface area contributed by atoms with Crippen LogP contribution in [0.4, 0.5) is 5.69 Å². The highest BCUT2D eigenvalue weighted by atomic mass is 32.2. The zero-order valence-electron chi connectivity index (χ0n) is 18.3. The van der Waals surface area contributed by atoms with Crippen molar-refractivity contribution in [1.82, 2.24) is 10.2 Å². The number of thioether (sulfide) groups is 1. The van der Waals surface area contributed by atoms with Gasteiger partial charge in [-0.05, 0) is 62.4 Å². The average molecular weight is 452 g/mol. The van der Waals surface area contributed by atoms with Gasteiger partial charge in [0.25, 0.3) is 5.91 Å². The van der Waals surface area contributed by atoms with Crippen molar-refractivity contribution in [3.05, 3.63) is 65.2 Å². The molecule has 7 heteroatoms.